The van der Waals surface area contributed by atoms with Crippen LogP contribution in [0.3, 0.4) is 0 Å². The molecule has 1 saturated carbocycles. The van der Waals surface area contributed by atoms with E-state index in [1.807, 2.05) is 29.2 Å². The van der Waals surface area contributed by atoms with E-state index in [9.17, 15) is 4.79 Å². The first kappa shape index (κ1) is 18.2. The number of aliphatic imine (C=N–C) groups is 2. The molecule has 1 spiro atoms. The molecule has 1 aliphatic carbocycles. The van der Waals surface area contributed by atoms with Crippen molar-refractivity contribution in [1.29, 1.82) is 0 Å². The normalized spacial score (nSPS) is 19.0. The smallest absolute Gasteiger partial charge is 0.224 e. The van der Waals surface area contributed by atoms with Gasteiger partial charge in [0.2, 0.25) is 17.8 Å². The molecule has 0 bridgehead atoms. The van der Waals surface area contributed by atoms with Crippen molar-refractivity contribution in [3.8, 4) is 0 Å². The lowest BCUT2D eigenvalue weighted by molar-refractivity contribution is -0.116. The third-order valence-corrected chi connectivity index (χ3v) is 5.00. The fourth-order valence-corrected chi connectivity index (χ4v) is 3.78. The Labute approximate surface area is 154 Å². The number of benzene rings is 1. The van der Waals surface area contributed by atoms with Gasteiger partial charge in [0, 0.05) is 17.8 Å². The standard InChI is InChI=1S/C19H28N6O/c1-2-3-10-16(26)22-14-8-7-9-15(13-14)25-18(21)23-17(20)24-19(25)11-5-4-6-12-19/h7-9,13H,2-6,10-12H2,1H3,(H,22,26)(H4,20,21,23,24). The Morgan fingerprint density at radius 1 is 1.27 bits per heavy atom. The minimum atomic E-state index is -0.473. The SMILES string of the molecule is CCCCC(=O)Nc1cccc(N2C(N)=NC(N)=NC23CCCCC3)c1. The molecule has 1 aromatic rings. The molecule has 1 fully saturated rings. The topological polar surface area (TPSA) is 109 Å². The number of nitrogens with two attached hydrogens (primary N) is 2. The molecule has 5 N–H and O–H groups in total. The van der Waals surface area contributed by atoms with E-state index in [0.29, 0.717) is 12.4 Å². The number of guanidine groups is 2. The molecule has 0 saturated heterocycles. The van der Waals surface area contributed by atoms with E-state index in [4.69, 9.17) is 11.5 Å². The van der Waals surface area contributed by atoms with Gasteiger partial charge in [-0.2, -0.15) is 4.99 Å². The second-order valence-corrected chi connectivity index (χ2v) is 7.02. The largest absolute Gasteiger partial charge is 0.369 e. The second-order valence-electron chi connectivity index (χ2n) is 7.02. The number of hydrogen-bond donors (Lipinski definition) is 3. The van der Waals surface area contributed by atoms with Crippen LogP contribution >= 0.6 is 0 Å². The van der Waals surface area contributed by atoms with Crippen molar-refractivity contribution in [1.82, 2.24) is 0 Å². The predicted octanol–water partition coefficient (Wildman–Crippen LogP) is 2.93. The van der Waals surface area contributed by atoms with Crippen molar-refractivity contribution in [2.75, 3.05) is 10.2 Å². The van der Waals surface area contributed by atoms with Crippen LogP contribution in [-0.4, -0.2) is 23.5 Å². The number of unbranched alkanes of at least 4 members (excludes halogenated alkanes) is 1. The quantitative estimate of drug-likeness (QED) is 0.753. The number of amides is 1. The predicted molar refractivity (Wildman–Crippen MR) is 106 cm³/mol. The van der Waals surface area contributed by atoms with Crippen molar-refractivity contribution in [3.05, 3.63) is 24.3 Å². The Hall–Kier alpha value is -2.57. The van der Waals surface area contributed by atoms with Gasteiger partial charge in [-0.15, -0.1) is 0 Å². The molecule has 0 atom stereocenters. The Balaban J connectivity index is 1.88. The highest BCUT2D eigenvalue weighted by Crippen LogP contribution is 2.39. The average Bonchev–Trinajstić information content (AvgIpc) is 2.60. The maximum atomic E-state index is 12.0. The zero-order chi connectivity index (χ0) is 18.6. The van der Waals surface area contributed by atoms with Crippen molar-refractivity contribution in [2.45, 2.75) is 64.0 Å². The first-order chi connectivity index (χ1) is 12.5. The van der Waals surface area contributed by atoms with Crippen LogP contribution in [0.4, 0.5) is 11.4 Å². The summed E-state index contributed by atoms with van der Waals surface area (Å²) in [6.45, 7) is 2.07. The van der Waals surface area contributed by atoms with Crippen molar-refractivity contribution in [2.24, 2.45) is 21.5 Å². The number of nitrogens with zero attached hydrogens (tertiary/aromatic N) is 3. The van der Waals surface area contributed by atoms with Crippen LogP contribution in [0.2, 0.25) is 0 Å². The van der Waals surface area contributed by atoms with E-state index in [1.54, 1.807) is 0 Å². The lowest BCUT2D eigenvalue weighted by Gasteiger charge is -2.45. The third-order valence-electron chi connectivity index (χ3n) is 5.00. The Kier molecular flexibility index (Phi) is 5.44. The van der Waals surface area contributed by atoms with Crippen LogP contribution < -0.4 is 21.7 Å². The summed E-state index contributed by atoms with van der Waals surface area (Å²) in [5, 5.41) is 2.96. The highest BCUT2D eigenvalue weighted by atomic mass is 16.1. The number of rotatable bonds is 5. The van der Waals surface area contributed by atoms with Crippen molar-refractivity contribution >= 4 is 29.2 Å². The maximum Gasteiger partial charge on any atom is 0.224 e. The minimum Gasteiger partial charge on any atom is -0.369 e. The molecule has 0 aromatic heterocycles. The van der Waals surface area contributed by atoms with Crippen molar-refractivity contribution in [3.63, 3.8) is 0 Å². The summed E-state index contributed by atoms with van der Waals surface area (Å²) in [6.07, 6.45) is 7.52. The second kappa shape index (κ2) is 7.76. The Bertz CT molecular complexity index is 720. The van der Waals surface area contributed by atoms with Gasteiger partial charge in [0.1, 0.15) is 5.66 Å². The summed E-state index contributed by atoms with van der Waals surface area (Å²) < 4.78 is 0. The highest BCUT2D eigenvalue weighted by Gasteiger charge is 2.42. The van der Waals surface area contributed by atoms with Crippen LogP contribution in [-0.2, 0) is 4.79 Å². The van der Waals surface area contributed by atoms with Crippen LogP contribution in [0.5, 0.6) is 0 Å². The molecule has 1 heterocycles. The zero-order valence-corrected chi connectivity index (χ0v) is 15.4. The molecule has 3 rings (SSSR count). The molecule has 1 aromatic carbocycles. The van der Waals surface area contributed by atoms with E-state index in [2.05, 4.69) is 22.2 Å². The molecule has 7 nitrogen and oxygen atoms in total. The summed E-state index contributed by atoms with van der Waals surface area (Å²) in [5.74, 6) is 0.623. The molecule has 1 aliphatic heterocycles. The lowest BCUT2D eigenvalue weighted by atomic mass is 9.87. The van der Waals surface area contributed by atoms with Crippen LogP contribution in [0.1, 0.15) is 58.3 Å². The maximum absolute atomic E-state index is 12.0. The molecular formula is C19H28N6O. The van der Waals surface area contributed by atoms with Gasteiger partial charge in [-0.05, 0) is 50.3 Å². The van der Waals surface area contributed by atoms with Gasteiger partial charge < -0.3 is 16.8 Å². The van der Waals surface area contributed by atoms with E-state index in [-0.39, 0.29) is 11.9 Å². The molecule has 0 radical (unpaired) electrons. The zero-order valence-electron chi connectivity index (χ0n) is 15.4. The van der Waals surface area contributed by atoms with Gasteiger partial charge >= 0.3 is 0 Å². The van der Waals surface area contributed by atoms with E-state index < -0.39 is 5.66 Å². The van der Waals surface area contributed by atoms with Gasteiger partial charge in [0.15, 0.2) is 0 Å². The molecular weight excluding hydrogens is 328 g/mol. The highest BCUT2D eigenvalue weighted by molar-refractivity contribution is 6.06. The van der Waals surface area contributed by atoms with Gasteiger partial charge in [0.25, 0.3) is 0 Å². The van der Waals surface area contributed by atoms with Crippen molar-refractivity contribution < 1.29 is 4.79 Å². The summed E-state index contributed by atoms with van der Waals surface area (Å²) in [6, 6.07) is 7.70. The van der Waals surface area contributed by atoms with Gasteiger partial charge in [-0.1, -0.05) is 25.8 Å². The summed E-state index contributed by atoms with van der Waals surface area (Å²) in [5.41, 5.74) is 13.3. The lowest BCUT2D eigenvalue weighted by Crippen LogP contribution is -2.58. The van der Waals surface area contributed by atoms with Crippen LogP contribution in [0, 0.1) is 0 Å². The van der Waals surface area contributed by atoms with Crippen LogP contribution in [0.15, 0.2) is 34.3 Å². The monoisotopic (exact) mass is 356 g/mol. The molecule has 1 amide bonds. The fourth-order valence-electron chi connectivity index (χ4n) is 3.78. The first-order valence-corrected chi connectivity index (χ1v) is 9.44. The summed E-state index contributed by atoms with van der Waals surface area (Å²) in [4.78, 5) is 22.9. The average molecular weight is 356 g/mol. The van der Waals surface area contributed by atoms with E-state index in [0.717, 1.165) is 49.9 Å². The van der Waals surface area contributed by atoms with Gasteiger partial charge in [-0.25, -0.2) is 4.99 Å². The van der Waals surface area contributed by atoms with E-state index >= 15 is 0 Å². The fraction of sp³-hybridized carbons (Fsp3) is 0.526. The Morgan fingerprint density at radius 3 is 2.77 bits per heavy atom. The number of nitrogens with one attached hydrogen (secondary N) is 1. The third kappa shape index (κ3) is 3.81. The van der Waals surface area contributed by atoms with Crippen LogP contribution in [0.25, 0.3) is 0 Å². The minimum absolute atomic E-state index is 0.0268. The molecule has 2 aliphatic rings. The Morgan fingerprint density at radius 2 is 2.04 bits per heavy atom. The number of carbonyl (C=O) groups excluding carboxylic acids is 1. The summed E-state index contributed by atoms with van der Waals surface area (Å²) >= 11 is 0. The molecule has 26 heavy (non-hydrogen) atoms. The number of hydrogen-bond acceptors (Lipinski definition) is 6. The van der Waals surface area contributed by atoms with Gasteiger partial charge in [0.05, 0.1) is 0 Å². The number of anilines is 2. The first-order valence-electron chi connectivity index (χ1n) is 9.44. The molecule has 7 heteroatoms. The van der Waals surface area contributed by atoms with Gasteiger partial charge in [-0.3, -0.25) is 9.69 Å². The van der Waals surface area contributed by atoms with E-state index in [1.165, 1.54) is 6.42 Å². The molecule has 140 valence electrons. The summed E-state index contributed by atoms with van der Waals surface area (Å²) in [7, 11) is 0. The number of carbonyl (C=O) groups is 1. The molecule has 0 unspecified atom stereocenters.